The van der Waals surface area contributed by atoms with Crippen molar-refractivity contribution in [2.45, 2.75) is 17.7 Å². The standard InChI is InChI=1S/C20H21BrN2O3S/c21-18-6-8-19(9-7-18)27(25,26)23-14-11-17(12-15-23)20(24)22-13-10-16-4-2-1-3-5-16/h1-9,11H,10,12-15H2,(H,22,24). The molecule has 3 rings (SSSR count). The van der Waals surface area contributed by atoms with E-state index in [1.807, 2.05) is 30.3 Å². The van der Waals surface area contributed by atoms with Gasteiger partial charge in [0.05, 0.1) is 4.90 Å². The molecular formula is C20H21BrN2O3S. The molecule has 0 radical (unpaired) electrons. The van der Waals surface area contributed by atoms with Gasteiger partial charge in [-0.05, 0) is 42.7 Å². The van der Waals surface area contributed by atoms with Crippen molar-refractivity contribution >= 4 is 31.9 Å². The Bertz CT molecular complexity index is 925. The zero-order valence-corrected chi connectivity index (χ0v) is 17.2. The maximum Gasteiger partial charge on any atom is 0.246 e. The van der Waals surface area contributed by atoms with Gasteiger partial charge in [-0.1, -0.05) is 52.3 Å². The van der Waals surface area contributed by atoms with Crippen molar-refractivity contribution in [3.63, 3.8) is 0 Å². The molecule has 0 bridgehead atoms. The average Bonchev–Trinajstić information content (AvgIpc) is 2.69. The van der Waals surface area contributed by atoms with Gasteiger partial charge in [0.25, 0.3) is 0 Å². The quantitative estimate of drug-likeness (QED) is 0.737. The molecule has 2 aromatic rings. The number of nitrogens with one attached hydrogen (secondary N) is 1. The van der Waals surface area contributed by atoms with Crippen LogP contribution in [-0.2, 0) is 21.2 Å². The molecule has 0 aromatic heterocycles. The molecule has 27 heavy (non-hydrogen) atoms. The van der Waals surface area contributed by atoms with E-state index in [-0.39, 0.29) is 17.3 Å². The highest BCUT2D eigenvalue weighted by Crippen LogP contribution is 2.22. The normalized spacial score (nSPS) is 15.2. The third-order valence-corrected chi connectivity index (χ3v) is 6.87. The van der Waals surface area contributed by atoms with Gasteiger partial charge in [-0.2, -0.15) is 4.31 Å². The zero-order valence-electron chi connectivity index (χ0n) is 14.8. The molecule has 1 amide bonds. The summed E-state index contributed by atoms with van der Waals surface area (Å²) in [5.41, 5.74) is 1.81. The summed E-state index contributed by atoms with van der Waals surface area (Å²) >= 11 is 3.31. The van der Waals surface area contributed by atoms with E-state index in [0.29, 0.717) is 25.1 Å². The van der Waals surface area contributed by atoms with E-state index in [1.165, 1.54) is 9.87 Å². The first-order valence-corrected chi connectivity index (χ1v) is 11.0. The molecule has 1 heterocycles. The molecule has 7 heteroatoms. The van der Waals surface area contributed by atoms with E-state index in [2.05, 4.69) is 21.2 Å². The molecule has 0 unspecified atom stereocenters. The maximum atomic E-state index is 12.7. The van der Waals surface area contributed by atoms with E-state index in [1.54, 1.807) is 30.3 Å². The highest BCUT2D eigenvalue weighted by Gasteiger charge is 2.27. The summed E-state index contributed by atoms with van der Waals surface area (Å²) < 4.78 is 27.6. The summed E-state index contributed by atoms with van der Waals surface area (Å²) in [4.78, 5) is 12.6. The fraction of sp³-hybridized carbons (Fsp3) is 0.250. The summed E-state index contributed by atoms with van der Waals surface area (Å²) in [6, 6.07) is 16.5. The molecule has 2 aromatic carbocycles. The Balaban J connectivity index is 1.56. The Morgan fingerprint density at radius 3 is 2.41 bits per heavy atom. The molecule has 1 aliphatic rings. The minimum atomic E-state index is -3.54. The summed E-state index contributed by atoms with van der Waals surface area (Å²) in [6.45, 7) is 1.07. The van der Waals surface area contributed by atoms with E-state index in [4.69, 9.17) is 0 Å². The lowest BCUT2D eigenvalue weighted by atomic mass is 10.1. The molecule has 0 fully saturated rings. The van der Waals surface area contributed by atoms with Crippen LogP contribution in [0.2, 0.25) is 0 Å². The smallest absolute Gasteiger partial charge is 0.246 e. The lowest BCUT2D eigenvalue weighted by molar-refractivity contribution is -0.117. The van der Waals surface area contributed by atoms with Crippen LogP contribution in [0.1, 0.15) is 12.0 Å². The molecule has 142 valence electrons. The highest BCUT2D eigenvalue weighted by molar-refractivity contribution is 9.10. The lowest BCUT2D eigenvalue weighted by Gasteiger charge is -2.25. The number of halogens is 1. The van der Waals surface area contributed by atoms with Crippen LogP contribution in [0, 0.1) is 0 Å². The van der Waals surface area contributed by atoms with Gasteiger partial charge in [0.1, 0.15) is 0 Å². The van der Waals surface area contributed by atoms with E-state index in [9.17, 15) is 13.2 Å². The number of hydrogen-bond donors (Lipinski definition) is 1. The van der Waals surface area contributed by atoms with Gasteiger partial charge in [-0.15, -0.1) is 0 Å². The summed E-state index contributed by atoms with van der Waals surface area (Å²) in [7, 11) is -3.54. The third-order valence-electron chi connectivity index (χ3n) is 4.46. The van der Waals surface area contributed by atoms with Gasteiger partial charge in [0.2, 0.25) is 15.9 Å². The first-order valence-electron chi connectivity index (χ1n) is 8.74. The monoisotopic (exact) mass is 448 g/mol. The molecule has 1 N–H and O–H groups in total. The molecule has 1 aliphatic heterocycles. The molecule has 0 saturated carbocycles. The van der Waals surface area contributed by atoms with Crippen molar-refractivity contribution in [2.75, 3.05) is 19.6 Å². The van der Waals surface area contributed by atoms with Gasteiger partial charge in [0, 0.05) is 29.7 Å². The summed E-state index contributed by atoms with van der Waals surface area (Å²) in [5.74, 6) is -0.119. The Kier molecular flexibility index (Phi) is 6.46. The summed E-state index contributed by atoms with van der Waals surface area (Å²) in [5, 5.41) is 2.91. The van der Waals surface area contributed by atoms with E-state index in [0.717, 1.165) is 10.9 Å². The molecule has 0 spiro atoms. The Morgan fingerprint density at radius 2 is 1.78 bits per heavy atom. The minimum Gasteiger partial charge on any atom is -0.352 e. The van der Waals surface area contributed by atoms with E-state index >= 15 is 0 Å². The zero-order chi connectivity index (χ0) is 19.3. The number of nitrogens with zero attached hydrogens (tertiary/aromatic N) is 1. The van der Waals surface area contributed by atoms with Gasteiger partial charge < -0.3 is 5.32 Å². The fourth-order valence-electron chi connectivity index (χ4n) is 2.91. The maximum absolute atomic E-state index is 12.7. The summed E-state index contributed by atoms with van der Waals surface area (Å²) in [6.07, 6.45) is 2.88. The van der Waals surface area contributed by atoms with Crippen LogP contribution in [0.15, 0.2) is 75.6 Å². The largest absolute Gasteiger partial charge is 0.352 e. The molecule has 5 nitrogen and oxygen atoms in total. The second-order valence-corrected chi connectivity index (χ2v) is 9.14. The lowest BCUT2D eigenvalue weighted by Crippen LogP contribution is -2.37. The van der Waals surface area contributed by atoms with E-state index < -0.39 is 10.0 Å². The first-order chi connectivity index (χ1) is 13.0. The van der Waals surface area contributed by atoms with Crippen molar-refractivity contribution in [1.82, 2.24) is 9.62 Å². The molecule has 0 saturated heterocycles. The molecule has 0 aliphatic carbocycles. The molecular weight excluding hydrogens is 428 g/mol. The number of amides is 1. The van der Waals surface area contributed by atoms with Gasteiger partial charge in [-0.25, -0.2) is 8.42 Å². The van der Waals surface area contributed by atoms with Crippen molar-refractivity contribution < 1.29 is 13.2 Å². The predicted octanol–water partition coefficient (Wildman–Crippen LogP) is 3.13. The Labute approximate surface area is 168 Å². The number of benzene rings is 2. The van der Waals surface area contributed by atoms with Gasteiger partial charge in [-0.3, -0.25) is 4.79 Å². The number of rotatable bonds is 6. The number of hydrogen-bond acceptors (Lipinski definition) is 3. The topological polar surface area (TPSA) is 66.5 Å². The van der Waals surface area contributed by atoms with Crippen LogP contribution in [0.25, 0.3) is 0 Å². The van der Waals surface area contributed by atoms with Crippen molar-refractivity contribution in [3.05, 3.63) is 76.3 Å². The number of carbonyl (C=O) groups excluding carboxylic acids is 1. The second kappa shape index (κ2) is 8.82. The van der Waals surface area contributed by atoms with Crippen LogP contribution in [0.3, 0.4) is 0 Å². The predicted molar refractivity (Wildman–Crippen MR) is 109 cm³/mol. The van der Waals surface area contributed by atoms with Crippen molar-refractivity contribution in [1.29, 1.82) is 0 Å². The second-order valence-electron chi connectivity index (χ2n) is 6.29. The van der Waals surface area contributed by atoms with Gasteiger partial charge in [0.15, 0.2) is 0 Å². The minimum absolute atomic E-state index is 0.119. The van der Waals surface area contributed by atoms with Crippen LogP contribution < -0.4 is 5.32 Å². The Morgan fingerprint density at radius 1 is 1.07 bits per heavy atom. The van der Waals surface area contributed by atoms with Crippen LogP contribution in [0.5, 0.6) is 0 Å². The number of carbonyl (C=O) groups is 1. The van der Waals surface area contributed by atoms with Crippen LogP contribution in [0.4, 0.5) is 0 Å². The SMILES string of the molecule is O=C(NCCc1ccccc1)C1=CCN(S(=O)(=O)c2ccc(Br)cc2)CC1. The van der Waals surface area contributed by atoms with Gasteiger partial charge >= 0.3 is 0 Å². The van der Waals surface area contributed by atoms with Crippen molar-refractivity contribution in [2.24, 2.45) is 0 Å². The van der Waals surface area contributed by atoms with Crippen LogP contribution >= 0.6 is 15.9 Å². The number of sulfonamides is 1. The van der Waals surface area contributed by atoms with Crippen molar-refractivity contribution in [3.8, 4) is 0 Å². The fourth-order valence-corrected chi connectivity index (χ4v) is 4.55. The first kappa shape index (κ1) is 19.8. The highest BCUT2D eigenvalue weighted by atomic mass is 79.9. The third kappa shape index (κ3) is 5.06. The Hall–Kier alpha value is -1.96. The molecule has 0 atom stereocenters. The average molecular weight is 449 g/mol. The van der Waals surface area contributed by atoms with Crippen LogP contribution in [-0.4, -0.2) is 38.3 Å².